The number of aromatic amines is 2. The van der Waals surface area contributed by atoms with Crippen LogP contribution in [-0.4, -0.2) is 23.9 Å². The van der Waals surface area contributed by atoms with E-state index in [0.717, 1.165) is 22.6 Å². The highest BCUT2D eigenvalue weighted by atomic mass is 16.5. The van der Waals surface area contributed by atoms with E-state index in [-0.39, 0.29) is 5.56 Å². The fourth-order valence-electron chi connectivity index (χ4n) is 1.93. The van der Waals surface area contributed by atoms with Gasteiger partial charge in [-0.05, 0) is 30.7 Å². The van der Waals surface area contributed by atoms with Gasteiger partial charge in [-0.3, -0.25) is 9.89 Å². The molecule has 1 aromatic carbocycles. The van der Waals surface area contributed by atoms with Gasteiger partial charge in [-0.25, -0.2) is 0 Å². The highest BCUT2D eigenvalue weighted by Gasteiger charge is 2.09. The molecule has 0 bridgehead atoms. The Kier molecular flexibility index (Phi) is 3.84. The molecule has 0 fully saturated rings. The zero-order valence-corrected chi connectivity index (χ0v) is 10.3. The van der Waals surface area contributed by atoms with Crippen molar-refractivity contribution < 1.29 is 4.74 Å². The number of nitrogens with one attached hydrogen (secondary N) is 2. The number of benzene rings is 1. The van der Waals surface area contributed by atoms with Crippen molar-refractivity contribution in [2.75, 3.05) is 13.7 Å². The van der Waals surface area contributed by atoms with E-state index in [4.69, 9.17) is 10.5 Å². The fraction of sp³-hybridized carbons (Fsp3) is 0.308. The molecule has 0 aliphatic carbocycles. The van der Waals surface area contributed by atoms with Gasteiger partial charge in [0.2, 0.25) is 0 Å². The van der Waals surface area contributed by atoms with Gasteiger partial charge < -0.3 is 15.6 Å². The maximum absolute atomic E-state index is 11.6. The number of H-pyrrole nitrogens is 2. The summed E-state index contributed by atoms with van der Waals surface area (Å²) in [5, 5.41) is 5.52. The van der Waals surface area contributed by atoms with Crippen LogP contribution in [0.3, 0.4) is 0 Å². The summed E-state index contributed by atoms with van der Waals surface area (Å²) in [6, 6.07) is 7.78. The summed E-state index contributed by atoms with van der Waals surface area (Å²) in [4.78, 5) is 11.6. The van der Waals surface area contributed by atoms with Crippen molar-refractivity contribution in [3.63, 3.8) is 0 Å². The van der Waals surface area contributed by atoms with Gasteiger partial charge in [0, 0.05) is 17.7 Å². The van der Waals surface area contributed by atoms with E-state index in [1.165, 1.54) is 0 Å². The SMILES string of the molecule is COc1ccc(Cc2[nH][nH]c(=O)c2CCN)cc1. The van der Waals surface area contributed by atoms with Crippen molar-refractivity contribution in [3.05, 3.63) is 51.4 Å². The number of hydrogen-bond donors (Lipinski definition) is 3. The maximum Gasteiger partial charge on any atom is 0.267 e. The Labute approximate surface area is 105 Å². The lowest BCUT2D eigenvalue weighted by Gasteiger charge is -2.04. The first kappa shape index (κ1) is 12.4. The normalized spacial score (nSPS) is 10.6. The monoisotopic (exact) mass is 247 g/mol. The van der Waals surface area contributed by atoms with Crippen LogP contribution in [0.4, 0.5) is 0 Å². The smallest absolute Gasteiger partial charge is 0.267 e. The zero-order valence-electron chi connectivity index (χ0n) is 10.3. The molecule has 2 aromatic rings. The summed E-state index contributed by atoms with van der Waals surface area (Å²) in [6.07, 6.45) is 1.27. The Morgan fingerprint density at radius 1 is 1.22 bits per heavy atom. The number of hydrogen-bond acceptors (Lipinski definition) is 3. The fourth-order valence-corrected chi connectivity index (χ4v) is 1.93. The molecule has 0 radical (unpaired) electrons. The molecular weight excluding hydrogens is 230 g/mol. The van der Waals surface area contributed by atoms with Crippen LogP contribution in [-0.2, 0) is 12.8 Å². The van der Waals surface area contributed by atoms with Gasteiger partial charge in [-0.15, -0.1) is 0 Å². The number of ether oxygens (including phenoxy) is 1. The molecule has 5 nitrogen and oxygen atoms in total. The van der Waals surface area contributed by atoms with Gasteiger partial charge in [-0.2, -0.15) is 0 Å². The van der Waals surface area contributed by atoms with Crippen molar-refractivity contribution in [3.8, 4) is 5.75 Å². The summed E-state index contributed by atoms with van der Waals surface area (Å²) in [5.74, 6) is 0.823. The van der Waals surface area contributed by atoms with E-state index >= 15 is 0 Å². The van der Waals surface area contributed by atoms with E-state index in [1.807, 2.05) is 24.3 Å². The Morgan fingerprint density at radius 2 is 1.94 bits per heavy atom. The molecular formula is C13H17N3O2. The molecule has 0 unspecified atom stereocenters. The van der Waals surface area contributed by atoms with Crippen LogP contribution in [0.25, 0.3) is 0 Å². The van der Waals surface area contributed by atoms with Crippen LogP contribution in [0.5, 0.6) is 5.75 Å². The molecule has 0 saturated heterocycles. The van der Waals surface area contributed by atoms with Gasteiger partial charge in [0.15, 0.2) is 0 Å². The van der Waals surface area contributed by atoms with Crippen LogP contribution in [0.2, 0.25) is 0 Å². The predicted octanol–water partition coefficient (Wildman–Crippen LogP) is 0.804. The first-order chi connectivity index (χ1) is 8.74. The van der Waals surface area contributed by atoms with Crippen molar-refractivity contribution >= 4 is 0 Å². The van der Waals surface area contributed by atoms with Crippen LogP contribution in [0, 0.1) is 0 Å². The topological polar surface area (TPSA) is 83.9 Å². The zero-order chi connectivity index (χ0) is 13.0. The molecule has 96 valence electrons. The quantitative estimate of drug-likeness (QED) is 0.730. The van der Waals surface area contributed by atoms with E-state index < -0.39 is 0 Å². The van der Waals surface area contributed by atoms with Crippen LogP contribution in [0.1, 0.15) is 16.8 Å². The molecule has 0 spiro atoms. The first-order valence-corrected chi connectivity index (χ1v) is 5.86. The highest BCUT2D eigenvalue weighted by molar-refractivity contribution is 5.31. The molecule has 0 saturated carbocycles. The molecule has 1 aromatic heterocycles. The van der Waals surface area contributed by atoms with Crippen LogP contribution in [0.15, 0.2) is 29.1 Å². The highest BCUT2D eigenvalue weighted by Crippen LogP contribution is 2.14. The number of methoxy groups -OCH3 is 1. The summed E-state index contributed by atoms with van der Waals surface area (Å²) >= 11 is 0. The third kappa shape index (κ3) is 2.62. The molecule has 4 N–H and O–H groups in total. The van der Waals surface area contributed by atoms with Gasteiger partial charge >= 0.3 is 0 Å². The minimum absolute atomic E-state index is 0.0797. The molecule has 2 rings (SSSR count). The lowest BCUT2D eigenvalue weighted by Crippen LogP contribution is -2.13. The molecule has 1 heterocycles. The van der Waals surface area contributed by atoms with E-state index in [0.29, 0.717) is 19.4 Å². The minimum Gasteiger partial charge on any atom is -0.497 e. The Hall–Kier alpha value is -2.01. The average Bonchev–Trinajstić information content (AvgIpc) is 2.73. The second-order valence-electron chi connectivity index (χ2n) is 4.10. The van der Waals surface area contributed by atoms with Crippen molar-refractivity contribution in [2.24, 2.45) is 5.73 Å². The second-order valence-corrected chi connectivity index (χ2v) is 4.10. The number of aromatic nitrogens is 2. The largest absolute Gasteiger partial charge is 0.497 e. The molecule has 18 heavy (non-hydrogen) atoms. The van der Waals surface area contributed by atoms with Crippen LogP contribution >= 0.6 is 0 Å². The minimum atomic E-state index is -0.0797. The lowest BCUT2D eigenvalue weighted by molar-refractivity contribution is 0.414. The second kappa shape index (κ2) is 5.55. The summed E-state index contributed by atoms with van der Waals surface area (Å²) < 4.78 is 5.11. The Bertz CT molecular complexity index is 554. The molecule has 0 atom stereocenters. The number of rotatable bonds is 5. The molecule has 0 aliphatic heterocycles. The molecule has 0 amide bonds. The van der Waals surface area contributed by atoms with E-state index in [1.54, 1.807) is 7.11 Å². The third-order valence-corrected chi connectivity index (χ3v) is 2.90. The number of nitrogens with two attached hydrogens (primary N) is 1. The summed E-state index contributed by atoms with van der Waals surface area (Å²) in [6.45, 7) is 0.469. The average molecular weight is 247 g/mol. The van der Waals surface area contributed by atoms with Gasteiger partial charge in [0.05, 0.1) is 7.11 Å². The Morgan fingerprint density at radius 3 is 2.56 bits per heavy atom. The standard InChI is InChI=1S/C13H17N3O2/c1-18-10-4-2-9(3-5-10)8-12-11(6-7-14)13(17)16-15-12/h2-5H,6-8,14H2,1H3,(H2,15,16,17). The van der Waals surface area contributed by atoms with Crippen molar-refractivity contribution in [2.45, 2.75) is 12.8 Å². The third-order valence-electron chi connectivity index (χ3n) is 2.90. The molecule has 5 heteroatoms. The van der Waals surface area contributed by atoms with Crippen LogP contribution < -0.4 is 16.0 Å². The molecule has 0 aliphatic rings. The predicted molar refractivity (Wildman–Crippen MR) is 70.0 cm³/mol. The van der Waals surface area contributed by atoms with E-state index in [9.17, 15) is 4.79 Å². The Balaban J connectivity index is 2.20. The summed E-state index contributed by atoms with van der Waals surface area (Å²) in [7, 11) is 1.64. The first-order valence-electron chi connectivity index (χ1n) is 5.86. The lowest BCUT2D eigenvalue weighted by atomic mass is 10.1. The van der Waals surface area contributed by atoms with Gasteiger partial charge in [0.25, 0.3) is 5.56 Å². The van der Waals surface area contributed by atoms with E-state index in [2.05, 4.69) is 10.2 Å². The van der Waals surface area contributed by atoms with Crippen molar-refractivity contribution in [1.82, 2.24) is 10.2 Å². The van der Waals surface area contributed by atoms with Gasteiger partial charge in [-0.1, -0.05) is 12.1 Å². The maximum atomic E-state index is 11.6. The summed E-state index contributed by atoms with van der Waals surface area (Å²) in [5.41, 5.74) is 8.18. The van der Waals surface area contributed by atoms with Crippen molar-refractivity contribution in [1.29, 1.82) is 0 Å². The van der Waals surface area contributed by atoms with Gasteiger partial charge in [0.1, 0.15) is 5.75 Å².